The van der Waals surface area contributed by atoms with E-state index in [-0.39, 0.29) is 11.3 Å². The van der Waals surface area contributed by atoms with E-state index in [0.717, 1.165) is 10.0 Å². The number of furan rings is 1. The van der Waals surface area contributed by atoms with Gasteiger partial charge in [-0.3, -0.25) is 14.6 Å². The van der Waals surface area contributed by atoms with Crippen LogP contribution in [0.15, 0.2) is 87.5 Å². The summed E-state index contributed by atoms with van der Waals surface area (Å²) in [5.74, 6) is -1.13. The van der Waals surface area contributed by atoms with Crippen LogP contribution in [0, 0.1) is 0 Å². The third kappa shape index (κ3) is 4.23. The van der Waals surface area contributed by atoms with E-state index < -0.39 is 23.5 Å². The fourth-order valence-corrected chi connectivity index (χ4v) is 4.70. The van der Waals surface area contributed by atoms with E-state index in [9.17, 15) is 14.7 Å². The topological polar surface area (TPSA) is 99.6 Å². The van der Waals surface area contributed by atoms with E-state index in [1.165, 1.54) is 7.11 Å². The molecule has 1 amide bonds. The number of hydrogen-bond acceptors (Lipinski definition) is 5. The molecule has 3 heterocycles. The van der Waals surface area contributed by atoms with Crippen molar-refractivity contribution in [3.05, 3.63) is 94.4 Å². The molecule has 0 saturated heterocycles. The minimum atomic E-state index is -0.741. The lowest BCUT2D eigenvalue weighted by Crippen LogP contribution is -2.36. The van der Waals surface area contributed by atoms with Crippen LogP contribution >= 0.6 is 15.9 Å². The molecule has 8 nitrogen and oxygen atoms in total. The highest BCUT2D eigenvalue weighted by atomic mass is 79.9. The summed E-state index contributed by atoms with van der Waals surface area (Å²) in [4.78, 5) is 31.4. The van der Waals surface area contributed by atoms with Crippen molar-refractivity contribution < 1.29 is 28.4 Å². The molecule has 9 heteroatoms. The molecule has 1 atom stereocenters. The number of halogens is 1. The second-order valence-corrected chi connectivity index (χ2v) is 9.15. The van der Waals surface area contributed by atoms with Crippen LogP contribution < -0.4 is 9.30 Å². The van der Waals surface area contributed by atoms with Crippen molar-refractivity contribution in [2.75, 3.05) is 13.7 Å². The average molecular weight is 537 g/mol. The Bertz CT molecular complexity index is 1420. The van der Waals surface area contributed by atoms with Gasteiger partial charge in [0.25, 0.3) is 5.91 Å². The number of Topliss-reactive ketones (excluding diaryl/α,β-unsaturated/α-hetero) is 1. The number of aliphatic hydroxyl groups is 1. The number of fused-ring (bicyclic) bond motifs is 1. The Morgan fingerprint density at radius 3 is 2.77 bits per heavy atom. The Labute approximate surface area is 209 Å². The number of methoxy groups -OCH3 is 1. The summed E-state index contributed by atoms with van der Waals surface area (Å²) < 4.78 is 14.0. The Morgan fingerprint density at radius 1 is 1.26 bits per heavy atom. The van der Waals surface area contributed by atoms with Crippen molar-refractivity contribution in [3.63, 3.8) is 0 Å². The fourth-order valence-electron chi connectivity index (χ4n) is 4.43. The zero-order chi connectivity index (χ0) is 24.5. The molecule has 0 radical (unpaired) electrons. The Hall–Kier alpha value is -3.85. The number of hydrogen-bond donors (Lipinski definition) is 2. The number of carbonyl (C=O) groups is 2. The minimum Gasteiger partial charge on any atom is -0.503 e. The number of aryl methyl sites for hydroxylation is 1. The van der Waals surface area contributed by atoms with Crippen molar-refractivity contribution in [1.29, 1.82) is 0 Å². The van der Waals surface area contributed by atoms with Gasteiger partial charge in [-0.25, -0.2) is 4.57 Å². The van der Waals surface area contributed by atoms with E-state index in [2.05, 4.69) is 20.9 Å². The predicted octanol–water partition coefficient (Wildman–Crippen LogP) is 4.49. The van der Waals surface area contributed by atoms with Crippen LogP contribution in [-0.2, 0) is 11.3 Å². The van der Waals surface area contributed by atoms with Crippen molar-refractivity contribution in [3.8, 4) is 5.75 Å². The second kappa shape index (κ2) is 9.42. The number of aromatic amines is 1. The molecule has 0 spiro atoms. The molecule has 2 N–H and O–H groups in total. The Balaban J connectivity index is 1.51. The molecule has 0 saturated carbocycles. The second-order valence-electron chi connectivity index (χ2n) is 8.24. The van der Waals surface area contributed by atoms with Crippen LogP contribution in [0.2, 0.25) is 0 Å². The molecule has 0 aliphatic carbocycles. The Kier molecular flexibility index (Phi) is 6.17. The number of para-hydroxylation sites is 1. The maximum Gasteiger partial charge on any atom is 0.290 e. The van der Waals surface area contributed by atoms with Gasteiger partial charge in [0.1, 0.15) is 12.4 Å². The molecule has 4 aromatic rings. The first kappa shape index (κ1) is 22.9. The molecule has 178 valence electrons. The van der Waals surface area contributed by atoms with Gasteiger partial charge in [0.2, 0.25) is 12.1 Å². The quantitative estimate of drug-likeness (QED) is 0.255. The van der Waals surface area contributed by atoms with Crippen molar-refractivity contribution in [2.45, 2.75) is 19.0 Å². The third-order valence-electron chi connectivity index (χ3n) is 6.10. The summed E-state index contributed by atoms with van der Waals surface area (Å²) in [6.45, 7) is 1.03. The van der Waals surface area contributed by atoms with Crippen molar-refractivity contribution in [2.24, 2.45) is 0 Å². The molecule has 1 aliphatic rings. The smallest absolute Gasteiger partial charge is 0.290 e. The lowest BCUT2D eigenvalue weighted by molar-refractivity contribution is -0.695. The van der Waals surface area contributed by atoms with Crippen molar-refractivity contribution >= 4 is 38.6 Å². The standard InChI is InChI=1S/C26H22BrN3O5/c1-34-19-5-2-4-17-14-20(35-25(17)19)23(31)21-22(16-6-8-18(27)9-7-16)30(26(33)24(21)32)12-3-11-29-13-10-28-15-29/h2,4-10,13-15,22H,3,11-12H2,1H3,(H,31,32)/p+1. The molecule has 0 fully saturated rings. The van der Waals surface area contributed by atoms with E-state index in [1.807, 2.05) is 53.6 Å². The summed E-state index contributed by atoms with van der Waals surface area (Å²) in [6, 6.07) is 13.6. The van der Waals surface area contributed by atoms with Gasteiger partial charge in [-0.05, 0) is 29.8 Å². The van der Waals surface area contributed by atoms with E-state index in [1.54, 1.807) is 23.1 Å². The van der Waals surface area contributed by atoms with Gasteiger partial charge in [-0.15, -0.1) is 0 Å². The summed E-state index contributed by atoms with van der Waals surface area (Å²) >= 11 is 3.43. The molecule has 1 aliphatic heterocycles. The van der Waals surface area contributed by atoms with Gasteiger partial charge in [0.15, 0.2) is 22.9 Å². The van der Waals surface area contributed by atoms with E-state index in [4.69, 9.17) is 9.15 Å². The normalized spacial score (nSPS) is 15.9. The number of imidazole rings is 1. The van der Waals surface area contributed by atoms with E-state index in [0.29, 0.717) is 36.2 Å². The zero-order valence-corrected chi connectivity index (χ0v) is 20.5. The minimum absolute atomic E-state index is 0.00430. The first-order valence-electron chi connectivity index (χ1n) is 11.1. The first-order valence-corrected chi connectivity index (χ1v) is 11.9. The highest BCUT2D eigenvalue weighted by Crippen LogP contribution is 2.40. The average Bonchev–Trinajstić information content (AvgIpc) is 3.59. The number of rotatable bonds is 8. The molecular formula is C26H23BrN3O5+. The van der Waals surface area contributed by atoms with Gasteiger partial charge in [-0.1, -0.05) is 40.2 Å². The fraction of sp³-hybridized carbons (Fsp3) is 0.192. The maximum absolute atomic E-state index is 13.7. The molecule has 2 aromatic carbocycles. The molecule has 2 aromatic heterocycles. The molecular weight excluding hydrogens is 514 g/mol. The summed E-state index contributed by atoms with van der Waals surface area (Å²) in [5.41, 5.74) is 1.16. The Morgan fingerprint density at radius 2 is 2.06 bits per heavy atom. The van der Waals surface area contributed by atoms with Gasteiger partial charge in [0, 0.05) is 22.8 Å². The summed E-state index contributed by atoms with van der Waals surface area (Å²) in [6.07, 6.45) is 6.19. The number of aliphatic hydroxyl groups excluding tert-OH is 1. The number of aromatic nitrogens is 2. The molecule has 5 rings (SSSR count). The number of ketones is 1. The lowest BCUT2D eigenvalue weighted by Gasteiger charge is -2.26. The SMILES string of the molecule is COc1cccc2cc(C(=O)C3=C(O)C(=O)N(CCC[n+]4cc[nH]c4)C3c3ccc(Br)cc3)oc12. The summed E-state index contributed by atoms with van der Waals surface area (Å²) in [5, 5.41) is 11.6. The highest BCUT2D eigenvalue weighted by molar-refractivity contribution is 9.10. The van der Waals surface area contributed by atoms with Crippen LogP contribution in [0.25, 0.3) is 11.0 Å². The first-order chi connectivity index (χ1) is 17.0. The number of amides is 1. The zero-order valence-electron chi connectivity index (χ0n) is 18.9. The maximum atomic E-state index is 13.7. The lowest BCUT2D eigenvalue weighted by atomic mass is 9.95. The molecule has 35 heavy (non-hydrogen) atoms. The largest absolute Gasteiger partial charge is 0.503 e. The summed E-state index contributed by atoms with van der Waals surface area (Å²) in [7, 11) is 1.52. The molecule has 1 unspecified atom stereocenters. The van der Waals surface area contributed by atoms with Crippen LogP contribution in [-0.4, -0.2) is 40.3 Å². The van der Waals surface area contributed by atoms with Gasteiger partial charge in [-0.2, -0.15) is 0 Å². The number of carbonyl (C=O) groups excluding carboxylic acids is 2. The number of H-pyrrole nitrogens is 1. The highest BCUT2D eigenvalue weighted by Gasteiger charge is 2.44. The van der Waals surface area contributed by atoms with Crippen LogP contribution in [0.1, 0.15) is 28.6 Å². The number of ether oxygens (including phenoxy) is 1. The number of benzene rings is 2. The van der Waals surface area contributed by atoms with Crippen LogP contribution in [0.4, 0.5) is 0 Å². The van der Waals surface area contributed by atoms with Crippen LogP contribution in [0.5, 0.6) is 5.75 Å². The predicted molar refractivity (Wildman–Crippen MR) is 131 cm³/mol. The van der Waals surface area contributed by atoms with E-state index >= 15 is 0 Å². The molecule has 0 bridgehead atoms. The van der Waals surface area contributed by atoms with Crippen LogP contribution in [0.3, 0.4) is 0 Å². The number of nitrogens with one attached hydrogen (secondary N) is 1. The van der Waals surface area contributed by atoms with Gasteiger partial charge < -0.3 is 19.2 Å². The van der Waals surface area contributed by atoms with Crippen molar-refractivity contribution in [1.82, 2.24) is 9.88 Å². The van der Waals surface area contributed by atoms with Gasteiger partial charge >= 0.3 is 0 Å². The number of nitrogens with zero attached hydrogens (tertiary/aromatic N) is 2. The third-order valence-corrected chi connectivity index (χ3v) is 6.63. The monoisotopic (exact) mass is 536 g/mol. The van der Waals surface area contributed by atoms with Gasteiger partial charge in [0.05, 0.1) is 25.3 Å².